The van der Waals surface area contributed by atoms with Crippen molar-refractivity contribution in [2.24, 2.45) is 0 Å². The van der Waals surface area contributed by atoms with Crippen molar-refractivity contribution in [3.8, 4) is 11.1 Å². The van der Waals surface area contributed by atoms with Crippen LogP contribution in [0.4, 0.5) is 28.0 Å². The highest BCUT2D eigenvalue weighted by Gasteiger charge is 2.37. The fourth-order valence-corrected chi connectivity index (χ4v) is 4.21. The van der Waals surface area contributed by atoms with Crippen molar-refractivity contribution in [1.29, 1.82) is 0 Å². The molecule has 2 amide bonds. The highest BCUT2D eigenvalue weighted by atomic mass is 19.3. The largest absolute Gasteiger partial charge is 0.322 e. The van der Waals surface area contributed by atoms with E-state index < -0.39 is 17.6 Å². The lowest BCUT2D eigenvalue weighted by Crippen LogP contribution is -2.48. The molecule has 0 bridgehead atoms. The minimum atomic E-state index is -2.72. The van der Waals surface area contributed by atoms with Gasteiger partial charge in [-0.1, -0.05) is 0 Å². The molecule has 1 aromatic heterocycles. The Bertz CT molecular complexity index is 953. The van der Waals surface area contributed by atoms with E-state index in [0.29, 0.717) is 31.9 Å². The van der Waals surface area contributed by atoms with Gasteiger partial charge >= 0.3 is 6.03 Å². The van der Waals surface area contributed by atoms with Crippen molar-refractivity contribution in [2.45, 2.75) is 37.5 Å². The van der Waals surface area contributed by atoms with Crippen molar-refractivity contribution in [1.82, 2.24) is 15.2 Å². The van der Waals surface area contributed by atoms with Crippen molar-refractivity contribution in [3.05, 3.63) is 47.8 Å². The van der Waals surface area contributed by atoms with E-state index in [-0.39, 0.29) is 54.4 Å². The summed E-state index contributed by atoms with van der Waals surface area (Å²) in [6, 6.07) is 4.22. The van der Waals surface area contributed by atoms with Gasteiger partial charge in [-0.3, -0.25) is 4.98 Å². The Kier molecular flexibility index (Phi) is 6.13. The summed E-state index contributed by atoms with van der Waals surface area (Å²) in [6.07, 6.45) is 1.30. The predicted octanol–water partition coefficient (Wildman–Crippen LogP) is 4.76. The van der Waals surface area contributed by atoms with Crippen LogP contribution in [0.15, 0.2) is 30.5 Å². The first-order valence-corrected chi connectivity index (χ1v) is 10.4. The van der Waals surface area contributed by atoms with Crippen LogP contribution in [0.1, 0.15) is 37.3 Å². The maximum absolute atomic E-state index is 14.6. The lowest BCUT2D eigenvalue weighted by molar-refractivity contribution is -0.0384. The molecule has 0 radical (unpaired) electrons. The molecular weight excluding hydrogens is 412 g/mol. The third-order valence-electron chi connectivity index (χ3n) is 5.94. The summed E-state index contributed by atoms with van der Waals surface area (Å²) in [5.74, 6) is -4.29. The Morgan fingerprint density at radius 1 is 1.10 bits per heavy atom. The van der Waals surface area contributed by atoms with Crippen LogP contribution in [0.5, 0.6) is 0 Å². The molecule has 31 heavy (non-hydrogen) atoms. The van der Waals surface area contributed by atoms with Crippen LogP contribution in [0.3, 0.4) is 0 Å². The first kappa shape index (κ1) is 21.5. The lowest BCUT2D eigenvalue weighted by Gasteiger charge is -2.31. The number of hydrogen-bond acceptors (Lipinski definition) is 3. The monoisotopic (exact) mass is 436 g/mol. The Balaban J connectivity index is 1.74. The molecule has 4 rings (SSSR count). The van der Waals surface area contributed by atoms with E-state index in [1.807, 2.05) is 0 Å². The zero-order chi connectivity index (χ0) is 22.0. The zero-order valence-electron chi connectivity index (χ0n) is 16.9. The summed E-state index contributed by atoms with van der Waals surface area (Å²) in [7, 11) is 0. The number of nitrogens with one attached hydrogen (secondary N) is 2. The predicted molar refractivity (Wildman–Crippen MR) is 109 cm³/mol. The second-order valence-electron chi connectivity index (χ2n) is 8.04. The molecule has 1 aliphatic carbocycles. The van der Waals surface area contributed by atoms with Gasteiger partial charge in [0.1, 0.15) is 11.6 Å². The highest BCUT2D eigenvalue weighted by molar-refractivity contribution is 5.95. The van der Waals surface area contributed by atoms with Gasteiger partial charge in [0.15, 0.2) is 0 Å². The molecule has 1 aliphatic heterocycles. The highest BCUT2D eigenvalue weighted by Crippen LogP contribution is 2.44. The molecule has 2 fully saturated rings. The van der Waals surface area contributed by atoms with Crippen LogP contribution >= 0.6 is 0 Å². The fraction of sp³-hybridized carbons (Fsp3) is 0.455. The van der Waals surface area contributed by atoms with E-state index in [9.17, 15) is 22.4 Å². The fourth-order valence-electron chi connectivity index (χ4n) is 4.21. The zero-order valence-corrected chi connectivity index (χ0v) is 16.9. The van der Waals surface area contributed by atoms with Crippen LogP contribution in [-0.2, 0) is 0 Å². The lowest BCUT2D eigenvalue weighted by atomic mass is 9.83. The Morgan fingerprint density at radius 2 is 1.81 bits per heavy atom. The molecule has 2 aliphatic rings. The molecule has 2 heterocycles. The van der Waals surface area contributed by atoms with Crippen LogP contribution < -0.4 is 10.6 Å². The van der Waals surface area contributed by atoms with Gasteiger partial charge in [0.25, 0.3) is 0 Å². The summed E-state index contributed by atoms with van der Waals surface area (Å²) in [6.45, 7) is 2.30. The summed E-state index contributed by atoms with van der Waals surface area (Å²) in [5.41, 5.74) is 0.953. The van der Waals surface area contributed by atoms with E-state index in [4.69, 9.17) is 0 Å². The maximum atomic E-state index is 14.6. The van der Waals surface area contributed by atoms with Gasteiger partial charge in [-0.15, -0.1) is 0 Å². The number of piperazine rings is 1. The summed E-state index contributed by atoms with van der Waals surface area (Å²) < 4.78 is 55.9. The number of carbonyl (C=O) groups excluding carboxylic acids is 1. The third-order valence-corrected chi connectivity index (χ3v) is 5.94. The minimum absolute atomic E-state index is 0.0135. The number of alkyl halides is 2. The number of benzene rings is 1. The number of amides is 2. The van der Waals surface area contributed by atoms with Crippen molar-refractivity contribution in [3.63, 3.8) is 0 Å². The average molecular weight is 436 g/mol. The number of rotatable bonds is 3. The van der Waals surface area contributed by atoms with Crippen LogP contribution in [0, 0.1) is 11.6 Å². The second kappa shape index (κ2) is 8.82. The van der Waals surface area contributed by atoms with Crippen molar-refractivity contribution in [2.75, 3.05) is 31.5 Å². The molecule has 9 heteroatoms. The normalized spacial score (nSPS) is 19.3. The van der Waals surface area contributed by atoms with Gasteiger partial charge in [0, 0.05) is 62.3 Å². The number of anilines is 1. The molecule has 0 unspecified atom stereocenters. The van der Waals surface area contributed by atoms with E-state index in [1.165, 1.54) is 12.3 Å². The molecule has 2 aromatic rings. The maximum Gasteiger partial charge on any atom is 0.322 e. The standard InChI is InChI=1S/C22H24F4N4O/c23-15-1-2-18(24)17(13-15)16-5-8-28-19(14-3-6-22(25,26)7-4-14)20(16)29-21(31)30-11-9-27-10-12-30/h1-2,5,8,13-14,27H,3-4,6-7,9-12H2,(H,29,31). The molecule has 166 valence electrons. The third kappa shape index (κ3) is 4.81. The first-order chi connectivity index (χ1) is 14.8. The van der Waals surface area contributed by atoms with E-state index >= 15 is 0 Å². The topological polar surface area (TPSA) is 57.3 Å². The number of urea groups is 1. The Morgan fingerprint density at radius 3 is 2.52 bits per heavy atom. The summed E-state index contributed by atoms with van der Waals surface area (Å²) in [5, 5.41) is 5.99. The van der Waals surface area contributed by atoms with Gasteiger partial charge in [0.05, 0.1) is 11.4 Å². The molecule has 1 aromatic carbocycles. The number of carbonyl (C=O) groups is 1. The van der Waals surface area contributed by atoms with Crippen molar-refractivity contribution < 1.29 is 22.4 Å². The number of hydrogen-bond donors (Lipinski definition) is 2. The average Bonchev–Trinajstić information content (AvgIpc) is 2.76. The van der Waals surface area contributed by atoms with E-state index in [2.05, 4.69) is 15.6 Å². The molecule has 2 N–H and O–H groups in total. The Hall–Kier alpha value is -2.68. The number of aromatic nitrogens is 1. The summed E-state index contributed by atoms with van der Waals surface area (Å²) >= 11 is 0. The molecule has 1 saturated heterocycles. The van der Waals surface area contributed by atoms with Gasteiger partial charge in [-0.05, 0) is 37.1 Å². The van der Waals surface area contributed by atoms with Gasteiger partial charge < -0.3 is 15.5 Å². The number of pyridine rings is 1. The van der Waals surface area contributed by atoms with Crippen LogP contribution in [0.25, 0.3) is 11.1 Å². The molecular formula is C22H24F4N4O. The van der Waals surface area contributed by atoms with Gasteiger partial charge in [-0.25, -0.2) is 22.4 Å². The van der Waals surface area contributed by atoms with Crippen LogP contribution in [0.2, 0.25) is 0 Å². The number of halogens is 4. The van der Waals surface area contributed by atoms with E-state index in [1.54, 1.807) is 4.90 Å². The van der Waals surface area contributed by atoms with Gasteiger partial charge in [-0.2, -0.15) is 0 Å². The minimum Gasteiger partial charge on any atom is -0.322 e. The molecule has 1 saturated carbocycles. The van der Waals surface area contributed by atoms with Gasteiger partial charge in [0.2, 0.25) is 5.92 Å². The van der Waals surface area contributed by atoms with Crippen LogP contribution in [-0.4, -0.2) is 48.0 Å². The number of nitrogens with zero attached hydrogens (tertiary/aromatic N) is 2. The SMILES string of the molecule is O=C(Nc1c(-c2cc(F)ccc2F)ccnc1C1CCC(F)(F)CC1)N1CCNCC1. The van der Waals surface area contributed by atoms with E-state index in [0.717, 1.165) is 18.2 Å². The quantitative estimate of drug-likeness (QED) is 0.683. The van der Waals surface area contributed by atoms with Crippen molar-refractivity contribution >= 4 is 11.7 Å². The first-order valence-electron chi connectivity index (χ1n) is 10.4. The molecule has 0 atom stereocenters. The molecule has 0 spiro atoms. The summed E-state index contributed by atoms with van der Waals surface area (Å²) in [4.78, 5) is 18.9. The second-order valence-corrected chi connectivity index (χ2v) is 8.04. The molecule has 5 nitrogen and oxygen atoms in total. The smallest absolute Gasteiger partial charge is 0.322 e. The Labute approximate surface area is 177 Å².